The zero-order valence-corrected chi connectivity index (χ0v) is 6.66. The van der Waals surface area contributed by atoms with Gasteiger partial charge in [0.25, 0.3) is 0 Å². The van der Waals surface area contributed by atoms with Crippen molar-refractivity contribution in [2.75, 3.05) is 6.61 Å². The van der Waals surface area contributed by atoms with Crippen LogP contribution in [0.25, 0.3) is 0 Å². The largest absolute Gasteiger partial charge is 0.462 e. The summed E-state index contributed by atoms with van der Waals surface area (Å²) in [5.41, 5.74) is 0.0364. The third kappa shape index (κ3) is 3.40. The Bertz CT molecular complexity index is 275. The molecule has 62 valence electrons. The number of carbonyl (C=O) groups excluding carboxylic acids is 2. The lowest BCUT2D eigenvalue weighted by Gasteiger charge is -1.98. The van der Waals surface area contributed by atoms with E-state index < -0.39 is 5.97 Å². The van der Waals surface area contributed by atoms with Crippen molar-refractivity contribution in [2.45, 2.75) is 6.92 Å². The van der Waals surface area contributed by atoms with Gasteiger partial charge >= 0.3 is 5.97 Å². The number of terminal acetylenes is 1. The van der Waals surface area contributed by atoms with Crippen molar-refractivity contribution in [3.63, 3.8) is 0 Å². The first kappa shape index (κ1) is 10.2. The molecule has 0 aromatic rings. The molecule has 0 spiro atoms. The minimum absolute atomic E-state index is 0.0364. The lowest BCUT2D eigenvalue weighted by molar-refractivity contribution is -0.138. The van der Waals surface area contributed by atoms with Gasteiger partial charge in [-0.25, -0.2) is 9.59 Å². The Hall–Kier alpha value is -1.78. The van der Waals surface area contributed by atoms with Gasteiger partial charge in [-0.1, -0.05) is 5.92 Å². The molecule has 0 fully saturated rings. The molecule has 0 heterocycles. The molecule has 0 unspecified atom stereocenters. The van der Waals surface area contributed by atoms with Crippen LogP contribution in [0.3, 0.4) is 0 Å². The average Bonchev–Trinajstić information content (AvgIpc) is 2.04. The summed E-state index contributed by atoms with van der Waals surface area (Å²) in [5.74, 6) is 2.96. The maximum atomic E-state index is 10.9. The van der Waals surface area contributed by atoms with E-state index in [1.165, 1.54) is 5.94 Å². The molecule has 0 aromatic carbocycles. The van der Waals surface area contributed by atoms with Gasteiger partial charge in [0.1, 0.15) is 5.94 Å². The van der Waals surface area contributed by atoms with Gasteiger partial charge in [0.15, 0.2) is 0 Å². The predicted octanol–water partition coefficient (Wildman–Crippen LogP) is 0.497. The van der Waals surface area contributed by atoms with Crippen LogP contribution in [0.15, 0.2) is 17.7 Å². The second-order valence-corrected chi connectivity index (χ2v) is 1.75. The van der Waals surface area contributed by atoms with Crippen LogP contribution >= 0.6 is 0 Å². The molecule has 0 aliphatic carbocycles. The van der Waals surface area contributed by atoms with Crippen LogP contribution < -0.4 is 0 Å². The van der Waals surface area contributed by atoms with Gasteiger partial charge in [0.05, 0.1) is 12.2 Å². The van der Waals surface area contributed by atoms with Crippen LogP contribution in [-0.2, 0) is 14.3 Å². The van der Waals surface area contributed by atoms with Crippen molar-refractivity contribution in [1.82, 2.24) is 0 Å². The molecule has 0 rings (SSSR count). The highest BCUT2D eigenvalue weighted by Crippen LogP contribution is 1.97. The topological polar surface area (TPSA) is 43.4 Å². The molecular weight excluding hydrogens is 156 g/mol. The molecule has 0 aliphatic heterocycles. The minimum Gasteiger partial charge on any atom is -0.462 e. The van der Waals surface area contributed by atoms with E-state index in [9.17, 15) is 9.59 Å². The van der Waals surface area contributed by atoms with E-state index in [4.69, 9.17) is 6.42 Å². The molecule has 0 bridgehead atoms. The van der Waals surface area contributed by atoms with E-state index in [0.29, 0.717) is 0 Å². The molecule has 3 heteroatoms. The number of esters is 1. The Balaban J connectivity index is 4.54. The fraction of sp³-hybridized carbons (Fsp3) is 0.222. The fourth-order valence-electron chi connectivity index (χ4n) is 0.527. The van der Waals surface area contributed by atoms with Crippen molar-refractivity contribution >= 4 is 11.9 Å². The van der Waals surface area contributed by atoms with E-state index in [0.717, 1.165) is 12.2 Å². The van der Waals surface area contributed by atoms with Crippen LogP contribution in [0.5, 0.6) is 0 Å². The van der Waals surface area contributed by atoms with Crippen LogP contribution in [0.2, 0.25) is 0 Å². The predicted molar refractivity (Wildman–Crippen MR) is 43.8 cm³/mol. The lowest BCUT2D eigenvalue weighted by atomic mass is 10.2. The van der Waals surface area contributed by atoms with E-state index >= 15 is 0 Å². The number of ether oxygens (including phenoxy) is 1. The Morgan fingerprint density at radius 3 is 2.75 bits per heavy atom. The quantitative estimate of drug-likeness (QED) is 0.200. The standard InChI is InChI=1S/C9H8O3/c1-3-5-8(6-7-10)9(11)12-4-2/h1,5-6H,4H2,2H3/b8-5+. The molecule has 3 nitrogen and oxygen atoms in total. The molecule has 0 saturated carbocycles. The van der Waals surface area contributed by atoms with Gasteiger partial charge in [-0.15, -0.1) is 6.42 Å². The Kier molecular flexibility index (Phi) is 5.08. The molecule has 0 aliphatic rings. The Morgan fingerprint density at radius 2 is 2.33 bits per heavy atom. The van der Waals surface area contributed by atoms with E-state index in [1.807, 2.05) is 0 Å². The van der Waals surface area contributed by atoms with Gasteiger partial charge < -0.3 is 4.74 Å². The maximum Gasteiger partial charge on any atom is 0.339 e. The molecule has 0 N–H and O–H groups in total. The number of hydrogen-bond acceptors (Lipinski definition) is 3. The third-order valence-electron chi connectivity index (χ3n) is 0.964. The third-order valence-corrected chi connectivity index (χ3v) is 0.964. The first-order valence-electron chi connectivity index (χ1n) is 3.30. The van der Waals surface area contributed by atoms with Crippen LogP contribution in [0.1, 0.15) is 6.92 Å². The Morgan fingerprint density at radius 1 is 1.67 bits per heavy atom. The first-order chi connectivity index (χ1) is 5.76. The van der Waals surface area contributed by atoms with E-state index in [2.05, 4.69) is 10.7 Å². The van der Waals surface area contributed by atoms with Crippen LogP contribution in [0.4, 0.5) is 0 Å². The molecule has 0 radical (unpaired) electrons. The SMILES string of the molecule is C#C/C=C(\C=C=O)C(=O)OCC. The first-order valence-corrected chi connectivity index (χ1v) is 3.30. The van der Waals surface area contributed by atoms with Gasteiger partial charge in [0.2, 0.25) is 0 Å². The summed E-state index contributed by atoms with van der Waals surface area (Å²) in [5, 5.41) is 0. The number of hydrogen-bond donors (Lipinski definition) is 0. The molecule has 0 saturated heterocycles. The van der Waals surface area contributed by atoms with Crippen molar-refractivity contribution in [3.8, 4) is 12.3 Å². The van der Waals surface area contributed by atoms with Crippen molar-refractivity contribution in [1.29, 1.82) is 0 Å². The Labute approximate surface area is 70.7 Å². The van der Waals surface area contributed by atoms with Gasteiger partial charge in [-0.3, -0.25) is 0 Å². The van der Waals surface area contributed by atoms with Gasteiger partial charge in [-0.2, -0.15) is 0 Å². The van der Waals surface area contributed by atoms with Crippen molar-refractivity contribution in [2.24, 2.45) is 0 Å². The summed E-state index contributed by atoms with van der Waals surface area (Å²) < 4.78 is 4.60. The summed E-state index contributed by atoms with van der Waals surface area (Å²) in [4.78, 5) is 20.8. The van der Waals surface area contributed by atoms with E-state index in [-0.39, 0.29) is 12.2 Å². The van der Waals surface area contributed by atoms with Gasteiger partial charge in [0, 0.05) is 12.2 Å². The van der Waals surface area contributed by atoms with E-state index in [1.54, 1.807) is 6.92 Å². The van der Waals surface area contributed by atoms with Gasteiger partial charge in [-0.05, 0) is 6.92 Å². The maximum absolute atomic E-state index is 10.9. The van der Waals surface area contributed by atoms with Crippen molar-refractivity contribution < 1.29 is 14.3 Å². The molecular formula is C9H8O3. The summed E-state index contributed by atoms with van der Waals surface area (Å²) in [6.07, 6.45) is 7.01. The summed E-state index contributed by atoms with van der Waals surface area (Å²) in [6.45, 7) is 1.91. The number of allylic oxidation sites excluding steroid dienone is 1. The molecule has 0 aromatic heterocycles. The van der Waals surface area contributed by atoms with Crippen LogP contribution in [0, 0.1) is 12.3 Å². The fourth-order valence-corrected chi connectivity index (χ4v) is 0.527. The highest BCUT2D eigenvalue weighted by molar-refractivity contribution is 5.94. The summed E-state index contributed by atoms with van der Waals surface area (Å²) >= 11 is 0. The highest BCUT2D eigenvalue weighted by Gasteiger charge is 2.05. The van der Waals surface area contributed by atoms with Crippen molar-refractivity contribution in [3.05, 3.63) is 17.7 Å². The second kappa shape index (κ2) is 5.96. The number of carbonyl (C=O) groups is 1. The highest BCUT2D eigenvalue weighted by atomic mass is 16.5. The monoisotopic (exact) mass is 164 g/mol. The smallest absolute Gasteiger partial charge is 0.339 e. The average molecular weight is 164 g/mol. The van der Waals surface area contributed by atoms with Crippen LogP contribution in [-0.4, -0.2) is 18.5 Å². The minimum atomic E-state index is -0.612. The second-order valence-electron chi connectivity index (χ2n) is 1.75. The summed E-state index contributed by atoms with van der Waals surface area (Å²) in [7, 11) is 0. The zero-order chi connectivity index (χ0) is 9.40. The normalized spacial score (nSPS) is 9.50. The summed E-state index contributed by atoms with van der Waals surface area (Å²) in [6, 6.07) is 0. The molecule has 12 heavy (non-hydrogen) atoms. The molecule has 0 atom stereocenters. The zero-order valence-electron chi connectivity index (χ0n) is 6.66. The molecule has 0 amide bonds. The lowest BCUT2D eigenvalue weighted by Crippen LogP contribution is -2.05. The number of rotatable bonds is 3.